The van der Waals surface area contributed by atoms with Crippen LogP contribution in [-0.4, -0.2) is 19.0 Å². The van der Waals surface area contributed by atoms with Crippen LogP contribution < -0.4 is 5.73 Å². The standard InChI is InChI=1S/C10H14N2.2C2H6/c1-12(2)8-10(11)9-6-4-3-5-7-9;2*1-2/h3-8H,11H2,1-2H3;2*1-2H3/b10-8-;;. The van der Waals surface area contributed by atoms with Gasteiger partial charge in [0.1, 0.15) is 0 Å². The van der Waals surface area contributed by atoms with Crippen molar-refractivity contribution in [3.8, 4) is 0 Å². The molecule has 1 rings (SSSR count). The second kappa shape index (κ2) is 11.6. The zero-order valence-corrected chi connectivity index (χ0v) is 11.5. The molecule has 2 heteroatoms. The first-order valence-corrected chi connectivity index (χ1v) is 5.89. The van der Waals surface area contributed by atoms with Gasteiger partial charge in [-0.3, -0.25) is 0 Å². The summed E-state index contributed by atoms with van der Waals surface area (Å²) in [4.78, 5) is 1.93. The summed E-state index contributed by atoms with van der Waals surface area (Å²) < 4.78 is 0. The van der Waals surface area contributed by atoms with Crippen LogP contribution in [-0.2, 0) is 0 Å². The van der Waals surface area contributed by atoms with E-state index in [9.17, 15) is 0 Å². The van der Waals surface area contributed by atoms with Crippen LogP contribution in [0.4, 0.5) is 0 Å². The summed E-state index contributed by atoms with van der Waals surface area (Å²) >= 11 is 0. The Morgan fingerprint density at radius 1 is 1.00 bits per heavy atom. The molecule has 0 amide bonds. The lowest BCUT2D eigenvalue weighted by atomic mass is 10.2. The normalized spacial score (nSPS) is 9.25. The van der Waals surface area contributed by atoms with E-state index in [1.165, 1.54) is 0 Å². The maximum atomic E-state index is 5.82. The second-order valence-corrected chi connectivity index (χ2v) is 2.91. The number of nitrogens with zero attached hydrogens (tertiary/aromatic N) is 1. The van der Waals surface area contributed by atoms with Gasteiger partial charge in [-0.05, 0) is 5.56 Å². The van der Waals surface area contributed by atoms with Crippen molar-refractivity contribution in [1.82, 2.24) is 4.90 Å². The number of hydrogen-bond donors (Lipinski definition) is 1. The van der Waals surface area contributed by atoms with Gasteiger partial charge in [0.2, 0.25) is 0 Å². The lowest BCUT2D eigenvalue weighted by Gasteiger charge is -2.07. The maximum absolute atomic E-state index is 5.82. The van der Waals surface area contributed by atoms with Crippen molar-refractivity contribution in [3.63, 3.8) is 0 Å². The molecule has 92 valence electrons. The zero-order chi connectivity index (χ0) is 13.0. The third kappa shape index (κ3) is 7.92. The molecule has 2 N–H and O–H groups in total. The average molecular weight is 222 g/mol. The number of hydrogen-bond acceptors (Lipinski definition) is 2. The van der Waals surface area contributed by atoms with E-state index in [4.69, 9.17) is 5.73 Å². The molecule has 0 unspecified atom stereocenters. The summed E-state index contributed by atoms with van der Waals surface area (Å²) in [6.07, 6.45) is 1.90. The molecule has 0 saturated carbocycles. The van der Waals surface area contributed by atoms with Gasteiger partial charge in [0.15, 0.2) is 0 Å². The van der Waals surface area contributed by atoms with Gasteiger partial charge in [0.25, 0.3) is 0 Å². The Labute approximate surface area is 101 Å². The summed E-state index contributed by atoms with van der Waals surface area (Å²) in [6, 6.07) is 9.93. The van der Waals surface area contributed by atoms with E-state index in [1.807, 2.05) is 83.2 Å². The van der Waals surface area contributed by atoms with Crippen LogP contribution in [0, 0.1) is 0 Å². The molecule has 0 saturated heterocycles. The molecule has 0 aliphatic carbocycles. The minimum Gasteiger partial charge on any atom is -0.397 e. The van der Waals surface area contributed by atoms with E-state index in [-0.39, 0.29) is 0 Å². The third-order valence-corrected chi connectivity index (χ3v) is 1.50. The minimum absolute atomic E-state index is 0.792. The van der Waals surface area contributed by atoms with Crippen molar-refractivity contribution >= 4 is 5.70 Å². The van der Waals surface area contributed by atoms with Gasteiger partial charge in [-0.1, -0.05) is 58.0 Å². The van der Waals surface area contributed by atoms with Crippen LogP contribution in [0.2, 0.25) is 0 Å². The Bertz CT molecular complexity index is 263. The molecule has 1 aromatic rings. The molecule has 0 fully saturated rings. The van der Waals surface area contributed by atoms with E-state index >= 15 is 0 Å². The van der Waals surface area contributed by atoms with Crippen molar-refractivity contribution in [3.05, 3.63) is 42.1 Å². The predicted octanol–water partition coefficient (Wildman–Crippen LogP) is 3.56. The fourth-order valence-corrected chi connectivity index (χ4v) is 0.983. The van der Waals surface area contributed by atoms with Crippen LogP contribution in [0.15, 0.2) is 36.5 Å². The predicted molar refractivity (Wildman–Crippen MR) is 75.0 cm³/mol. The minimum atomic E-state index is 0.792. The summed E-state index contributed by atoms with van der Waals surface area (Å²) in [7, 11) is 3.91. The topological polar surface area (TPSA) is 29.3 Å². The molecule has 0 aliphatic rings. The highest BCUT2D eigenvalue weighted by Crippen LogP contribution is 2.07. The Balaban J connectivity index is 0. The average Bonchev–Trinajstić information content (AvgIpc) is 2.34. The molecule has 0 spiro atoms. The highest BCUT2D eigenvalue weighted by Gasteiger charge is 1.93. The summed E-state index contributed by atoms with van der Waals surface area (Å²) in [5.41, 5.74) is 7.67. The molecule has 1 aromatic carbocycles. The van der Waals surface area contributed by atoms with Crippen molar-refractivity contribution in [2.45, 2.75) is 27.7 Å². The number of nitrogens with two attached hydrogens (primary N) is 1. The van der Waals surface area contributed by atoms with Crippen LogP contribution in [0.1, 0.15) is 33.3 Å². The van der Waals surface area contributed by atoms with Gasteiger partial charge < -0.3 is 10.6 Å². The van der Waals surface area contributed by atoms with E-state index < -0.39 is 0 Å². The van der Waals surface area contributed by atoms with Crippen LogP contribution >= 0.6 is 0 Å². The van der Waals surface area contributed by atoms with Gasteiger partial charge in [-0.15, -0.1) is 0 Å². The summed E-state index contributed by atoms with van der Waals surface area (Å²) in [5, 5.41) is 0. The van der Waals surface area contributed by atoms with Gasteiger partial charge in [0.05, 0.1) is 5.70 Å². The SMILES string of the molecule is CC.CC.CN(C)/C=C(\N)c1ccccc1. The van der Waals surface area contributed by atoms with Crippen LogP contribution in [0.3, 0.4) is 0 Å². The largest absolute Gasteiger partial charge is 0.397 e. The smallest absolute Gasteiger partial charge is 0.0549 e. The van der Waals surface area contributed by atoms with Crippen LogP contribution in [0.25, 0.3) is 5.70 Å². The first-order valence-electron chi connectivity index (χ1n) is 5.89. The highest BCUT2D eigenvalue weighted by atomic mass is 15.0. The third-order valence-electron chi connectivity index (χ3n) is 1.50. The molecule has 0 aliphatic heterocycles. The Hall–Kier alpha value is -1.44. The zero-order valence-electron chi connectivity index (χ0n) is 11.5. The molecular formula is C14H26N2. The first kappa shape index (κ1) is 17.0. The quantitative estimate of drug-likeness (QED) is 0.829. The lowest BCUT2D eigenvalue weighted by Crippen LogP contribution is -2.06. The van der Waals surface area contributed by atoms with Gasteiger partial charge in [0, 0.05) is 20.3 Å². The Morgan fingerprint density at radius 2 is 1.44 bits per heavy atom. The number of benzene rings is 1. The molecule has 0 aromatic heterocycles. The summed E-state index contributed by atoms with van der Waals surface area (Å²) in [6.45, 7) is 8.00. The molecular weight excluding hydrogens is 196 g/mol. The van der Waals surface area contributed by atoms with E-state index in [2.05, 4.69) is 0 Å². The second-order valence-electron chi connectivity index (χ2n) is 2.91. The monoisotopic (exact) mass is 222 g/mol. The molecule has 2 nitrogen and oxygen atoms in total. The van der Waals surface area contributed by atoms with Crippen molar-refractivity contribution in [2.24, 2.45) is 5.73 Å². The summed E-state index contributed by atoms with van der Waals surface area (Å²) in [5.74, 6) is 0. The van der Waals surface area contributed by atoms with Crippen molar-refractivity contribution < 1.29 is 0 Å². The maximum Gasteiger partial charge on any atom is 0.0549 e. The van der Waals surface area contributed by atoms with Crippen LogP contribution in [0.5, 0.6) is 0 Å². The fourth-order valence-electron chi connectivity index (χ4n) is 0.983. The van der Waals surface area contributed by atoms with Gasteiger partial charge in [-0.2, -0.15) is 0 Å². The van der Waals surface area contributed by atoms with E-state index in [0.29, 0.717) is 0 Å². The molecule has 0 atom stereocenters. The fraction of sp³-hybridized carbons (Fsp3) is 0.429. The van der Waals surface area contributed by atoms with Gasteiger partial charge in [-0.25, -0.2) is 0 Å². The van der Waals surface area contributed by atoms with Crippen molar-refractivity contribution in [1.29, 1.82) is 0 Å². The lowest BCUT2D eigenvalue weighted by molar-refractivity contribution is 0.565. The number of rotatable bonds is 2. The Morgan fingerprint density at radius 3 is 1.81 bits per heavy atom. The molecule has 0 heterocycles. The highest BCUT2D eigenvalue weighted by molar-refractivity contribution is 5.61. The van der Waals surface area contributed by atoms with Crippen molar-refractivity contribution in [2.75, 3.05) is 14.1 Å². The molecule has 16 heavy (non-hydrogen) atoms. The van der Waals surface area contributed by atoms with E-state index in [1.54, 1.807) is 0 Å². The Kier molecular flexibility index (Phi) is 12.3. The molecule has 0 radical (unpaired) electrons. The first-order chi connectivity index (χ1) is 7.70. The van der Waals surface area contributed by atoms with Gasteiger partial charge >= 0.3 is 0 Å². The van der Waals surface area contributed by atoms with E-state index in [0.717, 1.165) is 11.3 Å². The molecule has 0 bridgehead atoms.